The number of amides is 2. The molecule has 1 fully saturated rings. The Bertz CT molecular complexity index is 688. The van der Waals surface area contributed by atoms with E-state index in [0.717, 1.165) is 18.4 Å². The maximum atomic E-state index is 12.8. The highest BCUT2D eigenvalue weighted by molar-refractivity contribution is 6.30. The molecule has 122 valence electrons. The third-order valence-electron chi connectivity index (χ3n) is 4.21. The Balaban J connectivity index is 1.81. The van der Waals surface area contributed by atoms with E-state index in [9.17, 15) is 4.79 Å². The zero-order valence-corrected chi connectivity index (χ0v) is 14.2. The molecule has 1 atom stereocenters. The number of carbonyl (C=O) groups excluding carboxylic acids is 1. The average Bonchev–Trinajstić information content (AvgIpc) is 3.30. The topological polar surface area (TPSA) is 58.4 Å². The highest BCUT2D eigenvalue weighted by Gasteiger charge is 2.36. The van der Waals surface area contributed by atoms with Gasteiger partial charge in [-0.25, -0.2) is 4.79 Å². The van der Waals surface area contributed by atoms with Crippen LogP contribution in [0.3, 0.4) is 0 Å². The zero-order valence-electron chi connectivity index (χ0n) is 13.5. The number of anilines is 1. The smallest absolute Gasteiger partial charge is 0.322 e. The van der Waals surface area contributed by atoms with Gasteiger partial charge in [0.15, 0.2) is 5.76 Å². The van der Waals surface area contributed by atoms with Crippen LogP contribution >= 0.6 is 11.6 Å². The first-order valence-electron chi connectivity index (χ1n) is 7.75. The van der Waals surface area contributed by atoms with E-state index in [1.54, 1.807) is 6.92 Å². The quantitative estimate of drug-likeness (QED) is 0.882. The first-order chi connectivity index (χ1) is 11.0. The molecule has 2 amide bonds. The summed E-state index contributed by atoms with van der Waals surface area (Å²) in [6.07, 6.45) is 2.07. The molecule has 1 aromatic carbocycles. The second-order valence-corrected chi connectivity index (χ2v) is 6.43. The van der Waals surface area contributed by atoms with Crippen molar-refractivity contribution in [2.24, 2.45) is 0 Å². The molecule has 1 unspecified atom stereocenters. The van der Waals surface area contributed by atoms with Crippen molar-refractivity contribution in [3.05, 3.63) is 46.3 Å². The Morgan fingerprint density at radius 3 is 2.52 bits per heavy atom. The van der Waals surface area contributed by atoms with Crippen molar-refractivity contribution >= 4 is 23.3 Å². The van der Waals surface area contributed by atoms with Crippen LogP contribution in [0.15, 0.2) is 28.8 Å². The lowest BCUT2D eigenvalue weighted by Crippen LogP contribution is -2.39. The van der Waals surface area contributed by atoms with Crippen molar-refractivity contribution in [3.63, 3.8) is 0 Å². The van der Waals surface area contributed by atoms with Gasteiger partial charge in [0.25, 0.3) is 0 Å². The van der Waals surface area contributed by atoms with E-state index in [1.165, 1.54) is 0 Å². The van der Waals surface area contributed by atoms with E-state index in [1.807, 2.05) is 43.0 Å². The fraction of sp³-hybridized carbons (Fsp3) is 0.412. The minimum absolute atomic E-state index is 0.0276. The van der Waals surface area contributed by atoms with Crippen molar-refractivity contribution in [1.29, 1.82) is 0 Å². The standard InChI is InChI=1S/C17H20ClN3O2/c1-10-16(12(3)23-20-10)19-17(22)21(15-8-9-15)11(2)13-4-6-14(18)7-5-13/h4-7,11,15H,8-9H2,1-3H3,(H,19,22). The van der Waals surface area contributed by atoms with Gasteiger partial charge >= 0.3 is 6.03 Å². The number of hydrogen-bond acceptors (Lipinski definition) is 3. The van der Waals surface area contributed by atoms with Crippen LogP contribution in [0.5, 0.6) is 0 Å². The summed E-state index contributed by atoms with van der Waals surface area (Å²) in [6, 6.07) is 7.76. The van der Waals surface area contributed by atoms with Gasteiger partial charge in [-0.15, -0.1) is 0 Å². The second kappa shape index (κ2) is 6.24. The lowest BCUT2D eigenvalue weighted by molar-refractivity contribution is 0.189. The largest absolute Gasteiger partial charge is 0.359 e. The second-order valence-electron chi connectivity index (χ2n) is 6.00. The first-order valence-corrected chi connectivity index (χ1v) is 8.13. The molecule has 1 saturated carbocycles. The van der Waals surface area contributed by atoms with Gasteiger partial charge < -0.3 is 14.7 Å². The molecule has 23 heavy (non-hydrogen) atoms. The Labute approximate surface area is 140 Å². The van der Waals surface area contributed by atoms with Crippen molar-refractivity contribution in [2.45, 2.75) is 45.7 Å². The van der Waals surface area contributed by atoms with Gasteiger partial charge in [-0.2, -0.15) is 0 Å². The molecule has 1 N–H and O–H groups in total. The molecule has 2 aromatic rings. The minimum atomic E-state index is -0.121. The predicted molar refractivity (Wildman–Crippen MR) is 89.7 cm³/mol. The molecular formula is C17H20ClN3O2. The Hall–Kier alpha value is -2.01. The number of halogens is 1. The SMILES string of the molecule is Cc1noc(C)c1NC(=O)N(C1CC1)C(C)c1ccc(Cl)cc1. The van der Waals surface area contributed by atoms with Gasteiger partial charge in [0.05, 0.1) is 6.04 Å². The number of rotatable bonds is 4. The molecule has 5 nitrogen and oxygen atoms in total. The van der Waals surface area contributed by atoms with Gasteiger partial charge in [-0.3, -0.25) is 0 Å². The Morgan fingerprint density at radius 1 is 1.35 bits per heavy atom. The number of urea groups is 1. The van der Waals surface area contributed by atoms with Gasteiger partial charge in [0.1, 0.15) is 11.4 Å². The molecule has 1 aromatic heterocycles. The van der Waals surface area contributed by atoms with E-state index in [0.29, 0.717) is 22.2 Å². The van der Waals surface area contributed by atoms with Crippen LogP contribution < -0.4 is 5.32 Å². The summed E-state index contributed by atoms with van der Waals surface area (Å²) in [5.41, 5.74) is 2.41. The van der Waals surface area contributed by atoms with Crippen molar-refractivity contribution in [2.75, 3.05) is 5.32 Å². The van der Waals surface area contributed by atoms with Gasteiger partial charge in [0.2, 0.25) is 0 Å². The summed E-state index contributed by atoms with van der Waals surface area (Å²) in [6.45, 7) is 5.64. The van der Waals surface area contributed by atoms with Gasteiger partial charge in [-0.05, 0) is 51.3 Å². The molecular weight excluding hydrogens is 314 g/mol. The molecule has 0 radical (unpaired) electrons. The molecule has 0 bridgehead atoms. The molecule has 0 aliphatic heterocycles. The van der Waals surface area contributed by atoms with E-state index in [-0.39, 0.29) is 18.1 Å². The molecule has 1 aliphatic rings. The molecule has 0 saturated heterocycles. The number of nitrogens with zero attached hydrogens (tertiary/aromatic N) is 2. The summed E-state index contributed by atoms with van der Waals surface area (Å²) in [5.74, 6) is 0.616. The van der Waals surface area contributed by atoms with Crippen molar-refractivity contribution in [3.8, 4) is 0 Å². The third-order valence-corrected chi connectivity index (χ3v) is 4.46. The summed E-state index contributed by atoms with van der Waals surface area (Å²) in [5, 5.41) is 7.52. The van der Waals surface area contributed by atoms with Crippen molar-refractivity contribution in [1.82, 2.24) is 10.1 Å². The summed E-state index contributed by atoms with van der Waals surface area (Å²) in [7, 11) is 0. The molecule has 1 aliphatic carbocycles. The number of hydrogen-bond donors (Lipinski definition) is 1. The Morgan fingerprint density at radius 2 is 2.00 bits per heavy atom. The number of aryl methyl sites for hydroxylation is 2. The fourth-order valence-electron chi connectivity index (χ4n) is 2.75. The van der Waals surface area contributed by atoms with Crippen LogP contribution in [-0.4, -0.2) is 22.1 Å². The number of aromatic nitrogens is 1. The molecule has 1 heterocycles. The number of carbonyl (C=O) groups is 1. The first kappa shape index (κ1) is 15.9. The maximum Gasteiger partial charge on any atom is 0.322 e. The molecule has 6 heteroatoms. The maximum absolute atomic E-state index is 12.8. The van der Waals surface area contributed by atoms with E-state index in [2.05, 4.69) is 10.5 Å². The van der Waals surface area contributed by atoms with Crippen molar-refractivity contribution < 1.29 is 9.32 Å². The predicted octanol–water partition coefficient (Wildman–Crippen LogP) is 4.70. The van der Waals surface area contributed by atoms with Gasteiger partial charge in [0, 0.05) is 11.1 Å². The van der Waals surface area contributed by atoms with Gasteiger partial charge in [-0.1, -0.05) is 28.9 Å². The van der Waals surface area contributed by atoms with E-state index >= 15 is 0 Å². The number of benzene rings is 1. The third kappa shape index (κ3) is 3.34. The average molecular weight is 334 g/mol. The van der Waals surface area contributed by atoms with Crippen LogP contribution in [0.4, 0.5) is 10.5 Å². The van der Waals surface area contributed by atoms with Crippen LogP contribution in [0.1, 0.15) is 42.8 Å². The summed E-state index contributed by atoms with van der Waals surface area (Å²) >= 11 is 5.95. The minimum Gasteiger partial charge on any atom is -0.359 e. The highest BCUT2D eigenvalue weighted by atomic mass is 35.5. The van der Waals surface area contributed by atoms with Crippen LogP contribution in [0.2, 0.25) is 5.02 Å². The van der Waals surface area contributed by atoms with E-state index < -0.39 is 0 Å². The molecule has 3 rings (SSSR count). The normalized spacial score (nSPS) is 15.3. The Kier molecular flexibility index (Phi) is 4.31. The lowest BCUT2D eigenvalue weighted by atomic mass is 10.1. The lowest BCUT2D eigenvalue weighted by Gasteiger charge is -2.30. The summed E-state index contributed by atoms with van der Waals surface area (Å²) in [4.78, 5) is 14.7. The highest BCUT2D eigenvalue weighted by Crippen LogP contribution is 2.35. The van der Waals surface area contributed by atoms with Crippen LogP contribution in [0.25, 0.3) is 0 Å². The zero-order chi connectivity index (χ0) is 16.6. The number of nitrogens with one attached hydrogen (secondary N) is 1. The summed E-state index contributed by atoms with van der Waals surface area (Å²) < 4.78 is 5.11. The molecule has 0 spiro atoms. The van der Waals surface area contributed by atoms with Crippen LogP contribution in [-0.2, 0) is 0 Å². The monoisotopic (exact) mass is 333 g/mol. The van der Waals surface area contributed by atoms with E-state index in [4.69, 9.17) is 16.1 Å². The fourth-order valence-corrected chi connectivity index (χ4v) is 2.87. The van der Waals surface area contributed by atoms with Crippen LogP contribution in [0, 0.1) is 13.8 Å².